The van der Waals surface area contributed by atoms with Crippen LogP contribution in [0.2, 0.25) is 0 Å². The summed E-state index contributed by atoms with van der Waals surface area (Å²) < 4.78 is 23.5. The highest BCUT2D eigenvalue weighted by Gasteiger charge is 2.44. The summed E-state index contributed by atoms with van der Waals surface area (Å²) >= 11 is 2.89. The van der Waals surface area contributed by atoms with Crippen LogP contribution in [0.15, 0.2) is 0 Å². The summed E-state index contributed by atoms with van der Waals surface area (Å²) in [6.07, 6.45) is 0.599. The number of alkyl halides is 1. The molecular formula is C6H12BrNO3S. The Morgan fingerprint density at radius 2 is 2.08 bits per heavy atom. The van der Waals surface area contributed by atoms with E-state index in [9.17, 15) is 13.5 Å². The Hall–Kier alpha value is 0.350. The van der Waals surface area contributed by atoms with Gasteiger partial charge in [-0.15, -0.1) is 0 Å². The van der Waals surface area contributed by atoms with Crippen LogP contribution in [-0.2, 0) is 10.0 Å². The Kier molecular flexibility index (Phi) is 2.82. The van der Waals surface area contributed by atoms with Crippen molar-refractivity contribution in [2.75, 3.05) is 17.8 Å². The van der Waals surface area contributed by atoms with Crippen LogP contribution in [0.1, 0.15) is 13.3 Å². The molecule has 1 heterocycles. The predicted molar refractivity (Wildman–Crippen MR) is 49.5 cm³/mol. The van der Waals surface area contributed by atoms with E-state index in [1.807, 2.05) is 6.92 Å². The average Bonchev–Trinajstić information content (AvgIpc) is 1.98. The second kappa shape index (κ2) is 3.25. The lowest BCUT2D eigenvalue weighted by atomic mass is 9.94. The van der Waals surface area contributed by atoms with Crippen LogP contribution < -0.4 is 0 Å². The van der Waals surface area contributed by atoms with E-state index in [0.29, 0.717) is 6.42 Å². The molecule has 0 saturated carbocycles. The van der Waals surface area contributed by atoms with Gasteiger partial charge in [-0.1, -0.05) is 22.9 Å². The minimum absolute atomic E-state index is 0.0696. The van der Waals surface area contributed by atoms with Gasteiger partial charge < -0.3 is 5.11 Å². The van der Waals surface area contributed by atoms with Crippen LogP contribution in [0.4, 0.5) is 0 Å². The average molecular weight is 258 g/mol. The fraction of sp³-hybridized carbons (Fsp3) is 1.00. The summed E-state index contributed by atoms with van der Waals surface area (Å²) in [5, 5.41) is 9.53. The third-order valence-electron chi connectivity index (χ3n) is 2.13. The van der Waals surface area contributed by atoms with Gasteiger partial charge in [0.25, 0.3) is 0 Å². The summed E-state index contributed by atoms with van der Waals surface area (Å²) in [6.45, 7) is 2.31. The molecule has 0 bridgehead atoms. The van der Waals surface area contributed by atoms with Gasteiger partial charge in [-0.05, 0) is 6.42 Å². The Balaban J connectivity index is 2.56. The maximum absolute atomic E-state index is 11.2. The molecule has 6 heteroatoms. The zero-order chi connectivity index (χ0) is 9.41. The molecule has 0 amide bonds. The molecule has 1 aliphatic heterocycles. The van der Waals surface area contributed by atoms with Crippen molar-refractivity contribution in [1.29, 1.82) is 0 Å². The summed E-state index contributed by atoms with van der Waals surface area (Å²) in [6, 6.07) is 0. The van der Waals surface area contributed by atoms with Gasteiger partial charge in [0.1, 0.15) is 4.66 Å². The van der Waals surface area contributed by atoms with Gasteiger partial charge in [-0.2, -0.15) is 4.31 Å². The highest BCUT2D eigenvalue weighted by molar-refractivity contribution is 9.10. The van der Waals surface area contributed by atoms with Crippen LogP contribution in [0.3, 0.4) is 0 Å². The first-order valence-electron chi connectivity index (χ1n) is 3.70. The van der Waals surface area contributed by atoms with Crippen LogP contribution in [0.5, 0.6) is 0 Å². The molecule has 0 aromatic heterocycles. The van der Waals surface area contributed by atoms with E-state index < -0.39 is 15.6 Å². The van der Waals surface area contributed by atoms with E-state index in [-0.39, 0.29) is 17.8 Å². The number of aliphatic hydroxyl groups is 1. The lowest BCUT2D eigenvalue weighted by molar-refractivity contribution is -0.0611. The van der Waals surface area contributed by atoms with Gasteiger partial charge in [-0.3, -0.25) is 0 Å². The molecule has 72 valence electrons. The Labute approximate surface area is 80.7 Å². The molecule has 0 unspecified atom stereocenters. The Morgan fingerprint density at radius 1 is 1.58 bits per heavy atom. The van der Waals surface area contributed by atoms with E-state index in [1.54, 1.807) is 0 Å². The van der Waals surface area contributed by atoms with Crippen molar-refractivity contribution >= 4 is 26.0 Å². The fourth-order valence-electron chi connectivity index (χ4n) is 1.10. The van der Waals surface area contributed by atoms with Gasteiger partial charge in [0, 0.05) is 13.1 Å². The van der Waals surface area contributed by atoms with E-state index in [4.69, 9.17) is 0 Å². The zero-order valence-corrected chi connectivity index (χ0v) is 9.23. The van der Waals surface area contributed by atoms with E-state index >= 15 is 0 Å². The van der Waals surface area contributed by atoms with Crippen LogP contribution in [-0.4, -0.2) is 41.2 Å². The molecule has 1 N–H and O–H groups in total. The molecule has 0 radical (unpaired) electrons. The van der Waals surface area contributed by atoms with Crippen LogP contribution in [0.25, 0.3) is 0 Å². The largest absolute Gasteiger partial charge is 0.387 e. The van der Waals surface area contributed by atoms with Crippen LogP contribution in [0, 0.1) is 0 Å². The minimum Gasteiger partial charge on any atom is -0.387 e. The van der Waals surface area contributed by atoms with Crippen molar-refractivity contribution in [2.24, 2.45) is 0 Å². The smallest absolute Gasteiger partial charge is 0.224 e. The Bertz CT molecular complexity index is 258. The number of halogens is 1. The molecule has 0 spiro atoms. The molecule has 1 rings (SSSR count). The Morgan fingerprint density at radius 3 is 2.42 bits per heavy atom. The van der Waals surface area contributed by atoms with Crippen molar-refractivity contribution in [2.45, 2.75) is 18.9 Å². The van der Waals surface area contributed by atoms with Crippen molar-refractivity contribution in [1.82, 2.24) is 4.31 Å². The highest BCUT2D eigenvalue weighted by Crippen LogP contribution is 2.27. The van der Waals surface area contributed by atoms with Gasteiger partial charge in [0.2, 0.25) is 10.0 Å². The first-order chi connectivity index (χ1) is 5.43. The summed E-state index contributed by atoms with van der Waals surface area (Å²) in [7, 11) is -3.15. The highest BCUT2D eigenvalue weighted by atomic mass is 79.9. The molecule has 4 nitrogen and oxygen atoms in total. The standard InChI is InChI=1S/C6H12BrNO3S/c1-2-6(9)3-8(4-6)12(10,11)5-7/h9H,2-5H2,1H3. The molecule has 12 heavy (non-hydrogen) atoms. The third-order valence-corrected chi connectivity index (χ3v) is 5.19. The predicted octanol–water partition coefficient (Wildman–Crippen LogP) is 0.125. The van der Waals surface area contributed by atoms with Gasteiger partial charge >= 0.3 is 0 Å². The normalized spacial score (nSPS) is 23.6. The number of hydrogen-bond donors (Lipinski definition) is 1. The van der Waals surface area contributed by atoms with Gasteiger partial charge in [-0.25, -0.2) is 8.42 Å². The molecule has 1 fully saturated rings. The van der Waals surface area contributed by atoms with E-state index in [2.05, 4.69) is 15.9 Å². The van der Waals surface area contributed by atoms with Crippen LogP contribution >= 0.6 is 15.9 Å². The van der Waals surface area contributed by atoms with Crippen molar-refractivity contribution < 1.29 is 13.5 Å². The van der Waals surface area contributed by atoms with E-state index in [0.717, 1.165) is 0 Å². The molecular weight excluding hydrogens is 246 g/mol. The van der Waals surface area contributed by atoms with Crippen molar-refractivity contribution in [3.63, 3.8) is 0 Å². The van der Waals surface area contributed by atoms with Crippen molar-refractivity contribution in [3.05, 3.63) is 0 Å². The summed E-state index contributed by atoms with van der Waals surface area (Å²) in [4.78, 5) is 0. The maximum Gasteiger partial charge on any atom is 0.224 e. The quantitative estimate of drug-likeness (QED) is 0.732. The number of β-amino-alcohol motifs (C(OH)–C–C–N with tert-alkyl or cyclic N) is 1. The number of sulfonamides is 1. The van der Waals surface area contributed by atoms with Crippen molar-refractivity contribution in [3.8, 4) is 0 Å². The minimum atomic E-state index is -3.15. The zero-order valence-electron chi connectivity index (χ0n) is 6.83. The summed E-state index contributed by atoms with van der Waals surface area (Å²) in [5.41, 5.74) is -0.782. The van der Waals surface area contributed by atoms with E-state index in [1.165, 1.54) is 4.31 Å². The van der Waals surface area contributed by atoms with Gasteiger partial charge in [0.15, 0.2) is 0 Å². The van der Waals surface area contributed by atoms with Gasteiger partial charge in [0.05, 0.1) is 5.60 Å². The maximum atomic E-state index is 11.2. The molecule has 0 atom stereocenters. The molecule has 1 aliphatic rings. The lowest BCUT2D eigenvalue weighted by Crippen LogP contribution is -2.63. The molecule has 1 saturated heterocycles. The monoisotopic (exact) mass is 257 g/mol. The third kappa shape index (κ3) is 1.81. The summed E-state index contributed by atoms with van der Waals surface area (Å²) in [5.74, 6) is 0. The second-order valence-electron chi connectivity index (χ2n) is 3.07. The molecule has 0 aromatic rings. The SMILES string of the molecule is CCC1(O)CN(S(=O)(=O)CBr)C1. The first-order valence-corrected chi connectivity index (χ1v) is 6.43. The topological polar surface area (TPSA) is 57.6 Å². The number of hydrogen-bond acceptors (Lipinski definition) is 3. The first kappa shape index (κ1) is 10.4. The number of rotatable bonds is 3. The molecule has 0 aliphatic carbocycles. The second-order valence-corrected chi connectivity index (χ2v) is 6.34. The number of nitrogens with zero attached hydrogens (tertiary/aromatic N) is 1. The lowest BCUT2D eigenvalue weighted by Gasteiger charge is -2.44. The molecule has 0 aromatic carbocycles. The fourth-order valence-corrected chi connectivity index (χ4v) is 2.98.